The van der Waals surface area contributed by atoms with Crippen LogP contribution in [-0.4, -0.2) is 38.6 Å². The van der Waals surface area contributed by atoms with E-state index in [4.69, 9.17) is 4.42 Å². The van der Waals surface area contributed by atoms with E-state index in [1.165, 1.54) is 19.3 Å². The van der Waals surface area contributed by atoms with Crippen molar-refractivity contribution in [2.75, 3.05) is 13.1 Å². The molecule has 0 unspecified atom stereocenters. The highest BCUT2D eigenvalue weighted by atomic mass is 16.4. The highest BCUT2D eigenvalue weighted by molar-refractivity contribution is 5.12. The Bertz CT molecular complexity index is 693. The monoisotopic (exact) mass is 329 g/mol. The van der Waals surface area contributed by atoms with Gasteiger partial charge in [-0.15, -0.1) is 0 Å². The first-order valence-electron chi connectivity index (χ1n) is 8.91. The molecule has 0 aromatic carbocycles. The Hall–Kier alpha value is -1.66. The summed E-state index contributed by atoms with van der Waals surface area (Å²) < 4.78 is 7.96. The molecule has 130 valence electrons. The zero-order valence-electron chi connectivity index (χ0n) is 14.9. The molecule has 6 heteroatoms. The number of imidazole rings is 1. The number of nitrogens with zero attached hydrogens (tertiary/aromatic N) is 4. The molecule has 1 spiro atoms. The van der Waals surface area contributed by atoms with Crippen molar-refractivity contribution in [2.24, 2.45) is 12.5 Å². The number of aromatic nitrogens is 3. The fourth-order valence-corrected chi connectivity index (χ4v) is 4.09. The van der Waals surface area contributed by atoms with Crippen LogP contribution in [0, 0.1) is 19.3 Å². The summed E-state index contributed by atoms with van der Waals surface area (Å²) in [6, 6.07) is 0.615. The summed E-state index contributed by atoms with van der Waals surface area (Å²) in [6.07, 6.45) is 7.73. The number of nitrogens with one attached hydrogen (secondary N) is 1. The quantitative estimate of drug-likeness (QED) is 0.911. The molecular formula is C18H27N5O. The van der Waals surface area contributed by atoms with Crippen LogP contribution in [-0.2, 0) is 20.1 Å². The number of hydrogen-bond donors (Lipinski definition) is 1. The van der Waals surface area contributed by atoms with Gasteiger partial charge in [0.05, 0.1) is 18.8 Å². The van der Waals surface area contributed by atoms with Crippen LogP contribution in [0.1, 0.15) is 42.4 Å². The lowest BCUT2D eigenvalue weighted by molar-refractivity contribution is 0.167. The van der Waals surface area contributed by atoms with Crippen molar-refractivity contribution < 1.29 is 4.42 Å². The molecule has 4 rings (SSSR count). The van der Waals surface area contributed by atoms with Gasteiger partial charge in [-0.3, -0.25) is 4.90 Å². The standard InChI is InChI=1S/C18H27N5O/c1-13-14(2)24-17(21-13)12-23(11-16-20-8-9-22(16)3)15-10-18(15)4-6-19-7-5-18/h8-9,15,19H,4-7,10-12H2,1-3H3/t15-/m1/s1. The third-order valence-corrected chi connectivity index (χ3v) is 5.86. The number of rotatable bonds is 5. The van der Waals surface area contributed by atoms with Crippen molar-refractivity contribution in [2.45, 2.75) is 52.2 Å². The van der Waals surface area contributed by atoms with E-state index in [1.807, 2.05) is 26.2 Å². The third kappa shape index (κ3) is 2.89. The van der Waals surface area contributed by atoms with Crippen LogP contribution in [0.2, 0.25) is 0 Å². The van der Waals surface area contributed by atoms with Gasteiger partial charge in [0, 0.05) is 25.5 Å². The molecule has 1 aliphatic heterocycles. The molecule has 1 saturated carbocycles. The molecule has 2 aliphatic rings. The second-order valence-electron chi connectivity index (χ2n) is 7.44. The van der Waals surface area contributed by atoms with Crippen molar-refractivity contribution in [3.05, 3.63) is 35.6 Å². The fourth-order valence-electron chi connectivity index (χ4n) is 4.09. The molecule has 6 nitrogen and oxygen atoms in total. The molecule has 1 N–H and O–H groups in total. The third-order valence-electron chi connectivity index (χ3n) is 5.86. The SMILES string of the molecule is Cc1nc(CN(Cc2nccn2C)[C@@H]2CC23CCNCC3)oc1C. The Morgan fingerprint density at radius 2 is 2.12 bits per heavy atom. The lowest BCUT2D eigenvalue weighted by Gasteiger charge is -2.28. The first-order valence-corrected chi connectivity index (χ1v) is 8.91. The molecule has 2 aromatic rings. The summed E-state index contributed by atoms with van der Waals surface area (Å²) >= 11 is 0. The molecule has 2 fully saturated rings. The molecule has 1 aliphatic carbocycles. The first-order chi connectivity index (χ1) is 11.6. The second-order valence-corrected chi connectivity index (χ2v) is 7.44. The Balaban J connectivity index is 1.54. The average Bonchev–Trinajstić information content (AvgIpc) is 2.91. The lowest BCUT2D eigenvalue weighted by Crippen LogP contribution is -2.36. The Morgan fingerprint density at radius 3 is 2.75 bits per heavy atom. The molecule has 0 radical (unpaired) electrons. The van der Waals surface area contributed by atoms with E-state index in [1.54, 1.807) is 0 Å². The summed E-state index contributed by atoms with van der Waals surface area (Å²) in [7, 11) is 2.06. The predicted octanol–water partition coefficient (Wildman–Crippen LogP) is 2.17. The predicted molar refractivity (Wildman–Crippen MR) is 91.4 cm³/mol. The highest BCUT2D eigenvalue weighted by Gasteiger charge is 2.56. The maximum atomic E-state index is 5.86. The van der Waals surface area contributed by atoms with Crippen LogP contribution in [0.25, 0.3) is 0 Å². The molecule has 0 amide bonds. The number of oxazole rings is 1. The minimum Gasteiger partial charge on any atom is -0.444 e. The van der Waals surface area contributed by atoms with Crippen molar-refractivity contribution in [1.82, 2.24) is 24.8 Å². The van der Waals surface area contributed by atoms with Crippen molar-refractivity contribution in [3.8, 4) is 0 Å². The van der Waals surface area contributed by atoms with E-state index < -0.39 is 0 Å². The molecule has 2 aromatic heterocycles. The van der Waals surface area contributed by atoms with Gasteiger partial charge in [-0.1, -0.05) is 0 Å². The first kappa shape index (κ1) is 15.8. The van der Waals surface area contributed by atoms with Crippen LogP contribution >= 0.6 is 0 Å². The molecule has 0 bridgehead atoms. The number of hydrogen-bond acceptors (Lipinski definition) is 5. The maximum absolute atomic E-state index is 5.86. The van der Waals surface area contributed by atoms with E-state index in [-0.39, 0.29) is 0 Å². The maximum Gasteiger partial charge on any atom is 0.208 e. The van der Waals surface area contributed by atoms with Gasteiger partial charge in [-0.25, -0.2) is 9.97 Å². The van der Waals surface area contributed by atoms with Crippen molar-refractivity contribution in [3.63, 3.8) is 0 Å². The van der Waals surface area contributed by atoms with Gasteiger partial charge >= 0.3 is 0 Å². The van der Waals surface area contributed by atoms with Gasteiger partial charge in [0.15, 0.2) is 0 Å². The highest BCUT2D eigenvalue weighted by Crippen LogP contribution is 2.56. The Kier molecular flexibility index (Phi) is 3.96. The van der Waals surface area contributed by atoms with E-state index in [9.17, 15) is 0 Å². The summed E-state index contributed by atoms with van der Waals surface area (Å²) in [5.74, 6) is 2.86. The van der Waals surface area contributed by atoms with Gasteiger partial charge in [-0.2, -0.15) is 0 Å². The summed E-state index contributed by atoms with van der Waals surface area (Å²) in [5.41, 5.74) is 1.49. The van der Waals surface area contributed by atoms with Crippen LogP contribution in [0.4, 0.5) is 0 Å². The Labute approximate surface area is 143 Å². The van der Waals surface area contributed by atoms with Gasteiger partial charge in [0.2, 0.25) is 5.89 Å². The lowest BCUT2D eigenvalue weighted by atomic mass is 9.93. The minimum atomic E-state index is 0.493. The molecular weight excluding hydrogens is 302 g/mol. The Morgan fingerprint density at radius 1 is 1.33 bits per heavy atom. The van der Waals surface area contributed by atoms with Crippen LogP contribution < -0.4 is 5.32 Å². The van der Waals surface area contributed by atoms with E-state index in [0.717, 1.165) is 49.3 Å². The van der Waals surface area contributed by atoms with E-state index in [2.05, 4.69) is 31.8 Å². The van der Waals surface area contributed by atoms with Gasteiger partial charge in [0.1, 0.15) is 11.6 Å². The molecule has 3 heterocycles. The van der Waals surface area contributed by atoms with Crippen LogP contribution in [0.3, 0.4) is 0 Å². The number of piperidine rings is 1. The molecule has 24 heavy (non-hydrogen) atoms. The summed E-state index contributed by atoms with van der Waals surface area (Å²) in [5, 5.41) is 3.49. The topological polar surface area (TPSA) is 59.1 Å². The van der Waals surface area contributed by atoms with Crippen LogP contribution in [0.15, 0.2) is 16.8 Å². The fraction of sp³-hybridized carbons (Fsp3) is 0.667. The van der Waals surface area contributed by atoms with Gasteiger partial charge < -0.3 is 14.3 Å². The van der Waals surface area contributed by atoms with E-state index in [0.29, 0.717) is 11.5 Å². The normalized spacial score (nSPS) is 22.4. The summed E-state index contributed by atoms with van der Waals surface area (Å²) in [4.78, 5) is 11.6. The minimum absolute atomic E-state index is 0.493. The largest absolute Gasteiger partial charge is 0.444 e. The molecule has 1 saturated heterocycles. The smallest absolute Gasteiger partial charge is 0.208 e. The second kappa shape index (κ2) is 6.01. The zero-order valence-corrected chi connectivity index (χ0v) is 14.9. The zero-order chi connectivity index (χ0) is 16.7. The van der Waals surface area contributed by atoms with Gasteiger partial charge in [0.25, 0.3) is 0 Å². The van der Waals surface area contributed by atoms with Gasteiger partial charge in [-0.05, 0) is 51.6 Å². The summed E-state index contributed by atoms with van der Waals surface area (Å²) in [6.45, 7) is 7.90. The van der Waals surface area contributed by atoms with Crippen LogP contribution in [0.5, 0.6) is 0 Å². The average molecular weight is 329 g/mol. The van der Waals surface area contributed by atoms with E-state index >= 15 is 0 Å². The number of aryl methyl sites for hydroxylation is 3. The van der Waals surface area contributed by atoms with Crippen molar-refractivity contribution >= 4 is 0 Å². The molecule has 1 atom stereocenters. The van der Waals surface area contributed by atoms with Crippen molar-refractivity contribution in [1.29, 1.82) is 0 Å².